The van der Waals surface area contributed by atoms with Crippen LogP contribution < -0.4 is 10.6 Å². The van der Waals surface area contributed by atoms with Crippen molar-refractivity contribution in [1.82, 2.24) is 5.32 Å². The van der Waals surface area contributed by atoms with Crippen LogP contribution in [0.25, 0.3) is 0 Å². The largest absolute Gasteiger partial charge is 0.385 e. The van der Waals surface area contributed by atoms with Gasteiger partial charge in [-0.15, -0.1) is 0 Å². The van der Waals surface area contributed by atoms with Gasteiger partial charge in [0.2, 0.25) is 0 Å². The van der Waals surface area contributed by atoms with Crippen molar-refractivity contribution in [3.05, 3.63) is 29.8 Å². The first-order chi connectivity index (χ1) is 7.84. The number of hydrogen-bond acceptors (Lipinski definition) is 2. The standard InChI is InChI=1S/C14H22N2/c1-12-5-7-14(8-6-12)16-11-9-13-4-2-3-10-15-13/h5-8,13,15-16H,2-4,9-11H2,1H3. The number of hydrogen-bond donors (Lipinski definition) is 2. The molecule has 2 N–H and O–H groups in total. The summed E-state index contributed by atoms with van der Waals surface area (Å²) in [7, 11) is 0. The molecule has 2 rings (SSSR count). The van der Waals surface area contributed by atoms with Crippen molar-refractivity contribution in [2.45, 2.75) is 38.6 Å². The smallest absolute Gasteiger partial charge is 0.0340 e. The van der Waals surface area contributed by atoms with Gasteiger partial charge < -0.3 is 10.6 Å². The second-order valence-electron chi connectivity index (χ2n) is 4.73. The van der Waals surface area contributed by atoms with E-state index in [1.54, 1.807) is 0 Å². The normalized spacial score (nSPS) is 20.7. The first-order valence-electron chi connectivity index (χ1n) is 6.38. The molecule has 0 amide bonds. The molecular weight excluding hydrogens is 196 g/mol. The van der Waals surface area contributed by atoms with Crippen LogP contribution in [0, 0.1) is 6.92 Å². The molecule has 1 unspecified atom stereocenters. The molecule has 16 heavy (non-hydrogen) atoms. The zero-order valence-electron chi connectivity index (χ0n) is 10.1. The molecule has 1 heterocycles. The molecule has 1 aliphatic rings. The van der Waals surface area contributed by atoms with Crippen LogP contribution in [0.5, 0.6) is 0 Å². The number of benzene rings is 1. The molecule has 1 saturated heterocycles. The molecule has 2 nitrogen and oxygen atoms in total. The van der Waals surface area contributed by atoms with Gasteiger partial charge in [-0.05, 0) is 44.9 Å². The van der Waals surface area contributed by atoms with Crippen molar-refractivity contribution in [3.8, 4) is 0 Å². The average molecular weight is 218 g/mol. The Hall–Kier alpha value is -1.02. The van der Waals surface area contributed by atoms with Crippen molar-refractivity contribution in [1.29, 1.82) is 0 Å². The second-order valence-corrected chi connectivity index (χ2v) is 4.73. The molecule has 1 aliphatic heterocycles. The Morgan fingerprint density at radius 3 is 2.75 bits per heavy atom. The summed E-state index contributed by atoms with van der Waals surface area (Å²) in [6.07, 6.45) is 5.31. The Bertz CT molecular complexity index is 299. The van der Waals surface area contributed by atoms with Gasteiger partial charge in [-0.25, -0.2) is 0 Å². The minimum absolute atomic E-state index is 0.728. The van der Waals surface area contributed by atoms with Crippen LogP contribution in [0.3, 0.4) is 0 Å². The highest BCUT2D eigenvalue weighted by Crippen LogP contribution is 2.12. The number of anilines is 1. The monoisotopic (exact) mass is 218 g/mol. The Morgan fingerprint density at radius 2 is 2.06 bits per heavy atom. The highest BCUT2D eigenvalue weighted by Gasteiger charge is 2.11. The predicted octanol–water partition coefficient (Wildman–Crippen LogP) is 2.94. The van der Waals surface area contributed by atoms with E-state index >= 15 is 0 Å². The van der Waals surface area contributed by atoms with Crippen LogP contribution >= 0.6 is 0 Å². The summed E-state index contributed by atoms with van der Waals surface area (Å²) in [4.78, 5) is 0. The highest BCUT2D eigenvalue weighted by molar-refractivity contribution is 5.44. The minimum Gasteiger partial charge on any atom is -0.385 e. The van der Waals surface area contributed by atoms with E-state index in [4.69, 9.17) is 0 Å². The van der Waals surface area contributed by atoms with Gasteiger partial charge in [-0.1, -0.05) is 24.1 Å². The van der Waals surface area contributed by atoms with Gasteiger partial charge in [0.25, 0.3) is 0 Å². The molecule has 0 radical (unpaired) electrons. The first-order valence-corrected chi connectivity index (χ1v) is 6.38. The van der Waals surface area contributed by atoms with E-state index < -0.39 is 0 Å². The van der Waals surface area contributed by atoms with Gasteiger partial charge in [0, 0.05) is 18.3 Å². The average Bonchev–Trinajstić information content (AvgIpc) is 2.33. The highest BCUT2D eigenvalue weighted by atomic mass is 14.9. The maximum absolute atomic E-state index is 3.57. The first kappa shape index (κ1) is 11.5. The lowest BCUT2D eigenvalue weighted by Crippen LogP contribution is -2.35. The van der Waals surface area contributed by atoms with E-state index in [0.29, 0.717) is 0 Å². The zero-order chi connectivity index (χ0) is 11.2. The fourth-order valence-electron chi connectivity index (χ4n) is 2.23. The Morgan fingerprint density at radius 1 is 1.25 bits per heavy atom. The fraction of sp³-hybridized carbons (Fsp3) is 0.571. The summed E-state index contributed by atoms with van der Waals surface area (Å²) in [5, 5.41) is 7.05. The molecule has 0 aliphatic carbocycles. The molecule has 1 aromatic carbocycles. The van der Waals surface area contributed by atoms with Crippen molar-refractivity contribution in [2.24, 2.45) is 0 Å². The van der Waals surface area contributed by atoms with Gasteiger partial charge in [-0.2, -0.15) is 0 Å². The van der Waals surface area contributed by atoms with E-state index in [0.717, 1.165) is 12.6 Å². The number of piperidine rings is 1. The van der Waals surface area contributed by atoms with Gasteiger partial charge in [0.15, 0.2) is 0 Å². The molecule has 1 aromatic rings. The van der Waals surface area contributed by atoms with Crippen molar-refractivity contribution < 1.29 is 0 Å². The van der Waals surface area contributed by atoms with Crippen molar-refractivity contribution >= 4 is 5.69 Å². The lowest BCUT2D eigenvalue weighted by atomic mass is 10.0. The molecule has 0 bridgehead atoms. The van der Waals surface area contributed by atoms with Gasteiger partial charge >= 0.3 is 0 Å². The van der Waals surface area contributed by atoms with Gasteiger partial charge in [0.1, 0.15) is 0 Å². The van der Waals surface area contributed by atoms with Crippen molar-refractivity contribution in [2.75, 3.05) is 18.4 Å². The summed E-state index contributed by atoms with van der Waals surface area (Å²) < 4.78 is 0. The summed E-state index contributed by atoms with van der Waals surface area (Å²) in [5.41, 5.74) is 2.56. The number of nitrogens with one attached hydrogen (secondary N) is 2. The minimum atomic E-state index is 0.728. The molecule has 0 saturated carbocycles. The predicted molar refractivity (Wildman–Crippen MR) is 69.9 cm³/mol. The van der Waals surface area contributed by atoms with Crippen LogP contribution in [-0.4, -0.2) is 19.1 Å². The Kier molecular flexibility index (Phi) is 4.23. The van der Waals surface area contributed by atoms with Crippen LogP contribution in [-0.2, 0) is 0 Å². The third-order valence-electron chi connectivity index (χ3n) is 3.29. The summed E-state index contributed by atoms with van der Waals surface area (Å²) in [6.45, 7) is 4.39. The molecule has 88 valence electrons. The number of aryl methyl sites for hydroxylation is 1. The van der Waals surface area contributed by atoms with E-state index in [9.17, 15) is 0 Å². The van der Waals surface area contributed by atoms with Crippen LogP contribution in [0.4, 0.5) is 5.69 Å². The third kappa shape index (κ3) is 3.53. The van der Waals surface area contributed by atoms with Crippen molar-refractivity contribution in [3.63, 3.8) is 0 Å². The van der Waals surface area contributed by atoms with Crippen LogP contribution in [0.2, 0.25) is 0 Å². The van der Waals surface area contributed by atoms with Crippen LogP contribution in [0.15, 0.2) is 24.3 Å². The lowest BCUT2D eigenvalue weighted by molar-refractivity contribution is 0.389. The SMILES string of the molecule is Cc1ccc(NCCC2CCCCN2)cc1. The summed E-state index contributed by atoms with van der Waals surface area (Å²) >= 11 is 0. The topological polar surface area (TPSA) is 24.1 Å². The molecule has 0 aromatic heterocycles. The third-order valence-corrected chi connectivity index (χ3v) is 3.29. The maximum Gasteiger partial charge on any atom is 0.0340 e. The number of rotatable bonds is 4. The van der Waals surface area contributed by atoms with Gasteiger partial charge in [0.05, 0.1) is 0 Å². The molecular formula is C14H22N2. The fourth-order valence-corrected chi connectivity index (χ4v) is 2.23. The van der Waals surface area contributed by atoms with E-state index in [2.05, 4.69) is 41.8 Å². The van der Waals surface area contributed by atoms with Crippen LogP contribution in [0.1, 0.15) is 31.2 Å². The quantitative estimate of drug-likeness (QED) is 0.812. The summed E-state index contributed by atoms with van der Waals surface area (Å²) in [5.74, 6) is 0. The molecule has 1 atom stereocenters. The van der Waals surface area contributed by atoms with E-state index in [1.807, 2.05) is 0 Å². The maximum atomic E-state index is 3.57. The Balaban J connectivity index is 1.69. The molecule has 1 fully saturated rings. The summed E-state index contributed by atoms with van der Waals surface area (Å²) in [6, 6.07) is 9.35. The molecule has 0 spiro atoms. The lowest BCUT2D eigenvalue weighted by Gasteiger charge is -2.23. The molecule has 2 heteroatoms. The second kappa shape index (κ2) is 5.90. The van der Waals surface area contributed by atoms with E-state index in [-0.39, 0.29) is 0 Å². The Labute approximate surface area is 98.4 Å². The van der Waals surface area contributed by atoms with Gasteiger partial charge in [-0.3, -0.25) is 0 Å². The van der Waals surface area contributed by atoms with E-state index in [1.165, 1.54) is 43.5 Å². The zero-order valence-corrected chi connectivity index (χ0v) is 10.1.